The molecule has 2 unspecified atom stereocenters. The van der Waals surface area contributed by atoms with Gasteiger partial charge in [0.2, 0.25) is 0 Å². The van der Waals surface area contributed by atoms with Gasteiger partial charge in [-0.3, -0.25) is 4.79 Å². The van der Waals surface area contributed by atoms with Gasteiger partial charge >= 0.3 is 5.97 Å². The van der Waals surface area contributed by atoms with Crippen molar-refractivity contribution in [3.63, 3.8) is 0 Å². The summed E-state index contributed by atoms with van der Waals surface area (Å²) in [6.07, 6.45) is 2.00. The van der Waals surface area contributed by atoms with Gasteiger partial charge in [0.05, 0.1) is 6.61 Å². The number of hydrogen-bond acceptors (Lipinski definition) is 4. The maximum absolute atomic E-state index is 10.6. The lowest BCUT2D eigenvalue weighted by molar-refractivity contribution is -0.140. The van der Waals surface area contributed by atoms with E-state index in [1.807, 2.05) is 13.2 Å². The molecule has 13 heavy (non-hydrogen) atoms. The molecule has 5 heteroatoms. The highest BCUT2D eigenvalue weighted by atomic mass is 32.2. The lowest BCUT2D eigenvalue weighted by Crippen LogP contribution is -2.42. The van der Waals surface area contributed by atoms with Crippen LogP contribution in [0.5, 0.6) is 0 Å². The zero-order chi connectivity index (χ0) is 10.3. The van der Waals surface area contributed by atoms with Crippen LogP contribution < -0.4 is 5.32 Å². The Labute approximate surface area is 83.0 Å². The standard InChI is InChI=1S/C8H17NO3S/c1-6(13-3)4-9-7(5-12-2)8(10)11/h6-7,9H,4-5H2,1-3H3,(H,10,11). The van der Waals surface area contributed by atoms with Gasteiger partial charge in [0.1, 0.15) is 6.04 Å². The summed E-state index contributed by atoms with van der Waals surface area (Å²) in [6.45, 7) is 2.93. The number of methoxy groups -OCH3 is 1. The molecule has 2 atom stereocenters. The molecule has 0 heterocycles. The summed E-state index contributed by atoms with van der Waals surface area (Å²) in [5.74, 6) is -0.866. The molecule has 2 N–H and O–H groups in total. The number of aliphatic carboxylic acids is 1. The molecule has 0 fully saturated rings. The first-order valence-corrected chi connectivity index (χ1v) is 5.38. The Morgan fingerprint density at radius 1 is 1.69 bits per heavy atom. The molecule has 0 aliphatic carbocycles. The van der Waals surface area contributed by atoms with Crippen molar-refractivity contribution in [2.24, 2.45) is 0 Å². The van der Waals surface area contributed by atoms with Gasteiger partial charge in [0.25, 0.3) is 0 Å². The summed E-state index contributed by atoms with van der Waals surface area (Å²) in [5.41, 5.74) is 0. The molecule has 0 radical (unpaired) electrons. The molecule has 0 spiro atoms. The minimum atomic E-state index is -0.866. The SMILES string of the molecule is COCC(NCC(C)SC)C(=O)O. The number of hydrogen-bond donors (Lipinski definition) is 2. The molecule has 0 bridgehead atoms. The largest absolute Gasteiger partial charge is 0.480 e. The monoisotopic (exact) mass is 207 g/mol. The van der Waals surface area contributed by atoms with Crippen molar-refractivity contribution < 1.29 is 14.6 Å². The van der Waals surface area contributed by atoms with Crippen molar-refractivity contribution >= 4 is 17.7 Å². The van der Waals surface area contributed by atoms with E-state index >= 15 is 0 Å². The van der Waals surface area contributed by atoms with Gasteiger partial charge in [-0.1, -0.05) is 6.92 Å². The molecule has 78 valence electrons. The number of carboxylic acids is 1. The summed E-state index contributed by atoms with van der Waals surface area (Å²) in [7, 11) is 1.50. The fraction of sp³-hybridized carbons (Fsp3) is 0.875. The number of carbonyl (C=O) groups is 1. The molecular formula is C8H17NO3S. The molecule has 0 aromatic carbocycles. The highest BCUT2D eigenvalue weighted by molar-refractivity contribution is 7.99. The first-order valence-electron chi connectivity index (χ1n) is 4.09. The highest BCUT2D eigenvalue weighted by Gasteiger charge is 2.16. The van der Waals surface area contributed by atoms with E-state index in [0.717, 1.165) is 0 Å². The van der Waals surface area contributed by atoms with Crippen LogP contribution >= 0.6 is 11.8 Å². The van der Waals surface area contributed by atoms with Crippen LogP contribution in [0.2, 0.25) is 0 Å². The average molecular weight is 207 g/mol. The highest BCUT2D eigenvalue weighted by Crippen LogP contribution is 2.03. The Balaban J connectivity index is 3.75. The number of carboxylic acid groups (broad SMARTS) is 1. The third-order valence-corrected chi connectivity index (χ3v) is 2.66. The Hall–Kier alpha value is -0.260. The van der Waals surface area contributed by atoms with Crippen molar-refractivity contribution in [3.05, 3.63) is 0 Å². The van der Waals surface area contributed by atoms with Crippen LogP contribution in [-0.2, 0) is 9.53 Å². The zero-order valence-electron chi connectivity index (χ0n) is 8.24. The Kier molecular flexibility index (Phi) is 7.03. The molecule has 0 aromatic heterocycles. The molecule has 0 saturated heterocycles. The summed E-state index contributed by atoms with van der Waals surface area (Å²) < 4.78 is 4.78. The fourth-order valence-electron chi connectivity index (χ4n) is 0.776. The van der Waals surface area contributed by atoms with Crippen molar-refractivity contribution in [1.29, 1.82) is 0 Å². The lowest BCUT2D eigenvalue weighted by atomic mass is 10.3. The molecule has 4 nitrogen and oxygen atoms in total. The maximum atomic E-state index is 10.6. The first-order chi connectivity index (χ1) is 6.11. The Morgan fingerprint density at radius 2 is 2.31 bits per heavy atom. The Bertz CT molecular complexity index is 154. The second kappa shape index (κ2) is 7.17. The van der Waals surface area contributed by atoms with E-state index in [9.17, 15) is 4.79 Å². The Morgan fingerprint density at radius 3 is 2.69 bits per heavy atom. The van der Waals surface area contributed by atoms with Gasteiger partial charge in [-0.2, -0.15) is 11.8 Å². The third kappa shape index (κ3) is 5.90. The number of ether oxygens (including phenoxy) is 1. The van der Waals surface area contributed by atoms with Crippen LogP contribution in [0.4, 0.5) is 0 Å². The second-order valence-corrected chi connectivity index (χ2v) is 4.08. The van der Waals surface area contributed by atoms with Gasteiger partial charge in [0, 0.05) is 18.9 Å². The summed E-state index contributed by atoms with van der Waals surface area (Å²) >= 11 is 1.70. The molecular weight excluding hydrogens is 190 g/mol. The van der Waals surface area contributed by atoms with Gasteiger partial charge in [-0.05, 0) is 6.26 Å². The van der Waals surface area contributed by atoms with Crippen LogP contribution in [-0.4, -0.2) is 48.9 Å². The summed E-state index contributed by atoms with van der Waals surface area (Å²) in [4.78, 5) is 10.6. The van der Waals surface area contributed by atoms with E-state index in [0.29, 0.717) is 11.8 Å². The van der Waals surface area contributed by atoms with Crippen molar-refractivity contribution in [2.75, 3.05) is 26.5 Å². The van der Waals surface area contributed by atoms with Crippen LogP contribution in [0.3, 0.4) is 0 Å². The van der Waals surface area contributed by atoms with Crippen LogP contribution in [0.25, 0.3) is 0 Å². The van der Waals surface area contributed by atoms with E-state index < -0.39 is 12.0 Å². The number of rotatable bonds is 7. The van der Waals surface area contributed by atoms with Crippen LogP contribution in [0.1, 0.15) is 6.92 Å². The third-order valence-electron chi connectivity index (χ3n) is 1.69. The van der Waals surface area contributed by atoms with Gasteiger partial charge < -0.3 is 15.2 Å². The predicted molar refractivity (Wildman–Crippen MR) is 54.3 cm³/mol. The van der Waals surface area contributed by atoms with Crippen molar-refractivity contribution in [2.45, 2.75) is 18.2 Å². The van der Waals surface area contributed by atoms with E-state index in [1.54, 1.807) is 11.8 Å². The van der Waals surface area contributed by atoms with E-state index in [1.165, 1.54) is 7.11 Å². The molecule has 0 rings (SSSR count). The first kappa shape index (κ1) is 12.7. The second-order valence-electron chi connectivity index (χ2n) is 2.80. The maximum Gasteiger partial charge on any atom is 0.323 e. The van der Waals surface area contributed by atoms with E-state index in [-0.39, 0.29) is 6.61 Å². The minimum Gasteiger partial charge on any atom is -0.480 e. The van der Waals surface area contributed by atoms with Crippen LogP contribution in [0, 0.1) is 0 Å². The normalized spacial score (nSPS) is 15.3. The predicted octanol–water partition coefficient (Wildman–Crippen LogP) is 0.427. The number of nitrogens with one attached hydrogen (secondary N) is 1. The molecule has 0 aliphatic rings. The van der Waals surface area contributed by atoms with Crippen molar-refractivity contribution in [3.8, 4) is 0 Å². The van der Waals surface area contributed by atoms with Gasteiger partial charge in [-0.25, -0.2) is 0 Å². The zero-order valence-corrected chi connectivity index (χ0v) is 9.06. The average Bonchev–Trinajstić information content (AvgIpc) is 2.11. The van der Waals surface area contributed by atoms with Gasteiger partial charge in [0.15, 0.2) is 0 Å². The minimum absolute atomic E-state index is 0.205. The van der Waals surface area contributed by atoms with Crippen LogP contribution in [0.15, 0.2) is 0 Å². The lowest BCUT2D eigenvalue weighted by Gasteiger charge is -2.15. The number of thioether (sulfide) groups is 1. The molecule has 0 aromatic rings. The van der Waals surface area contributed by atoms with E-state index in [4.69, 9.17) is 9.84 Å². The van der Waals surface area contributed by atoms with Crippen molar-refractivity contribution in [1.82, 2.24) is 5.32 Å². The van der Waals surface area contributed by atoms with Gasteiger partial charge in [-0.15, -0.1) is 0 Å². The molecule has 0 amide bonds. The van der Waals surface area contributed by atoms with E-state index in [2.05, 4.69) is 5.32 Å². The topological polar surface area (TPSA) is 58.6 Å². The summed E-state index contributed by atoms with van der Waals surface area (Å²) in [6, 6.07) is -0.598. The molecule has 0 saturated carbocycles. The summed E-state index contributed by atoms with van der Waals surface area (Å²) in [5, 5.41) is 12.1. The smallest absolute Gasteiger partial charge is 0.323 e. The quantitative estimate of drug-likeness (QED) is 0.634. The molecule has 0 aliphatic heterocycles. The fourth-order valence-corrected chi connectivity index (χ4v) is 1.04.